The second-order valence-electron chi connectivity index (χ2n) is 7.14. The van der Waals surface area contributed by atoms with Crippen LogP contribution >= 0.6 is 11.3 Å². The third-order valence-corrected chi connectivity index (χ3v) is 5.88. The highest BCUT2D eigenvalue weighted by molar-refractivity contribution is 7.14. The van der Waals surface area contributed by atoms with Crippen LogP contribution in [0, 0.1) is 11.8 Å². The number of rotatable bonds is 6. The van der Waals surface area contributed by atoms with E-state index in [2.05, 4.69) is 11.8 Å². The number of thiophene rings is 1. The first-order chi connectivity index (χ1) is 14.8. The smallest absolute Gasteiger partial charge is 0.345 e. The molecule has 1 saturated heterocycles. The molecule has 2 heterocycles. The lowest BCUT2D eigenvalue weighted by Crippen LogP contribution is -2.42. The fourth-order valence-corrected chi connectivity index (χ4v) is 4.03. The largest absolute Gasteiger partial charge is 0.508 e. The molecule has 8 heteroatoms. The average Bonchev–Trinajstić information content (AvgIpc) is 3.19. The van der Waals surface area contributed by atoms with Gasteiger partial charge in [-0.2, -0.15) is 0 Å². The molecule has 0 aliphatic carbocycles. The number of amides is 1. The van der Waals surface area contributed by atoms with E-state index in [-0.39, 0.29) is 34.7 Å². The van der Waals surface area contributed by atoms with Crippen LogP contribution in [0.2, 0.25) is 0 Å². The molecule has 1 fully saturated rings. The fraction of sp³-hybridized carbons (Fsp3) is 0.304. The van der Waals surface area contributed by atoms with Crippen molar-refractivity contribution in [1.82, 2.24) is 4.90 Å². The number of benzene rings is 1. The van der Waals surface area contributed by atoms with Crippen molar-refractivity contribution in [2.24, 2.45) is 0 Å². The van der Waals surface area contributed by atoms with Gasteiger partial charge in [-0.3, -0.25) is 4.79 Å². The molecule has 3 rings (SSSR count). The maximum absolute atomic E-state index is 14.4. The average molecular weight is 445 g/mol. The van der Waals surface area contributed by atoms with Crippen molar-refractivity contribution in [1.29, 1.82) is 0 Å². The Balaban J connectivity index is 1.65. The maximum Gasteiger partial charge on any atom is 0.345 e. The first-order valence-electron chi connectivity index (χ1n) is 9.72. The molecule has 1 aliphatic rings. The number of halogens is 2. The Morgan fingerprint density at radius 1 is 1.32 bits per heavy atom. The van der Waals surface area contributed by atoms with Crippen molar-refractivity contribution in [2.45, 2.75) is 37.6 Å². The van der Waals surface area contributed by atoms with Crippen LogP contribution in [0.3, 0.4) is 0 Å². The summed E-state index contributed by atoms with van der Waals surface area (Å²) in [5.74, 6) is 1.28. The van der Waals surface area contributed by atoms with E-state index in [0.717, 1.165) is 17.4 Å². The number of alkyl halides is 2. The van der Waals surface area contributed by atoms with E-state index in [4.69, 9.17) is 5.11 Å². The summed E-state index contributed by atoms with van der Waals surface area (Å²) in [5.41, 5.74) is -0.267. The minimum Gasteiger partial charge on any atom is -0.508 e. The highest BCUT2D eigenvalue weighted by Gasteiger charge is 2.31. The summed E-state index contributed by atoms with van der Waals surface area (Å²) in [7, 11) is 0. The summed E-state index contributed by atoms with van der Waals surface area (Å²) >= 11 is 1.05. The number of phenols is 1. The van der Waals surface area contributed by atoms with E-state index in [1.54, 1.807) is 17.0 Å². The number of likely N-dealkylation sites (tertiary alicyclic amines) is 1. The van der Waals surface area contributed by atoms with Gasteiger partial charge in [0.05, 0.1) is 17.5 Å². The van der Waals surface area contributed by atoms with Crippen molar-refractivity contribution < 1.29 is 28.6 Å². The van der Waals surface area contributed by atoms with E-state index < -0.39 is 18.3 Å². The quantitative estimate of drug-likeness (QED) is 0.502. The topological polar surface area (TPSA) is 77.8 Å². The van der Waals surface area contributed by atoms with E-state index in [1.807, 2.05) is 0 Å². The molecule has 2 aromatic rings. The fourth-order valence-electron chi connectivity index (χ4n) is 3.31. The molecular weight excluding hydrogens is 424 g/mol. The Hall–Kier alpha value is -3.18. The number of carboxylic acids is 1. The number of phenolic OH excluding ortho intramolecular Hbond substituents is 1. The molecule has 1 aliphatic heterocycles. The van der Waals surface area contributed by atoms with Crippen molar-refractivity contribution in [3.05, 3.63) is 63.9 Å². The number of piperidine rings is 1. The standard InChI is InChI=1S/C23H21F2NO4S/c24-23(25,16-5-1-8-18(27)15-16)13-3-7-17-6-2-10-21(28)26(17)14-4-9-19-11-12-20(31-19)22(29)30/h1,3,5,7-8,11-12,15,17,27H,2,6,10,13-14H2,(H,29,30)/t17-/m1/s1. The molecule has 0 bridgehead atoms. The molecule has 1 amide bonds. The summed E-state index contributed by atoms with van der Waals surface area (Å²) in [6, 6.07) is 7.77. The van der Waals surface area contributed by atoms with Crippen molar-refractivity contribution in [2.75, 3.05) is 6.54 Å². The molecule has 2 N–H and O–H groups in total. The lowest BCUT2D eigenvalue weighted by atomic mass is 9.99. The molecule has 1 atom stereocenters. The number of allylic oxidation sites excluding steroid dienone is 1. The van der Waals surface area contributed by atoms with Crippen LogP contribution in [-0.4, -0.2) is 39.6 Å². The number of carboxylic acid groups (broad SMARTS) is 1. The molecule has 0 spiro atoms. The van der Waals surface area contributed by atoms with Gasteiger partial charge in [0.25, 0.3) is 5.92 Å². The molecule has 5 nitrogen and oxygen atoms in total. The van der Waals surface area contributed by atoms with E-state index in [9.17, 15) is 23.5 Å². The second kappa shape index (κ2) is 9.75. The van der Waals surface area contributed by atoms with E-state index in [1.165, 1.54) is 30.3 Å². The number of hydrogen-bond donors (Lipinski definition) is 2. The van der Waals surface area contributed by atoms with Gasteiger partial charge in [0.1, 0.15) is 10.6 Å². The molecule has 0 unspecified atom stereocenters. The monoisotopic (exact) mass is 445 g/mol. The number of aromatic hydroxyl groups is 1. The third-order valence-electron chi connectivity index (χ3n) is 4.89. The zero-order valence-electron chi connectivity index (χ0n) is 16.6. The Morgan fingerprint density at radius 3 is 2.84 bits per heavy atom. The molecule has 0 radical (unpaired) electrons. The van der Waals surface area contributed by atoms with Gasteiger partial charge in [-0.1, -0.05) is 36.1 Å². The minimum atomic E-state index is -3.14. The summed E-state index contributed by atoms with van der Waals surface area (Å²) in [4.78, 5) is 25.6. The summed E-state index contributed by atoms with van der Waals surface area (Å²) in [5, 5.41) is 18.4. The molecular formula is C23H21F2NO4S. The molecule has 31 heavy (non-hydrogen) atoms. The normalized spacial score (nSPS) is 16.9. The Morgan fingerprint density at radius 2 is 2.13 bits per heavy atom. The van der Waals surface area contributed by atoms with Crippen LogP contribution in [0.15, 0.2) is 48.6 Å². The lowest BCUT2D eigenvalue weighted by molar-refractivity contribution is -0.134. The van der Waals surface area contributed by atoms with Crippen molar-refractivity contribution in [3.8, 4) is 17.6 Å². The van der Waals surface area contributed by atoms with Gasteiger partial charge >= 0.3 is 5.97 Å². The van der Waals surface area contributed by atoms with Gasteiger partial charge < -0.3 is 15.1 Å². The lowest BCUT2D eigenvalue weighted by Gasteiger charge is -2.32. The Bertz CT molecular complexity index is 1050. The van der Waals surface area contributed by atoms with Crippen LogP contribution < -0.4 is 0 Å². The highest BCUT2D eigenvalue weighted by Crippen LogP contribution is 2.34. The predicted molar refractivity (Wildman–Crippen MR) is 113 cm³/mol. The molecule has 1 aromatic heterocycles. The number of hydrogen-bond acceptors (Lipinski definition) is 4. The Kier molecular flexibility index (Phi) is 7.08. The van der Waals surface area contributed by atoms with Gasteiger partial charge in [0, 0.05) is 18.4 Å². The first kappa shape index (κ1) is 22.5. The van der Waals surface area contributed by atoms with Crippen molar-refractivity contribution in [3.63, 3.8) is 0 Å². The Labute approximate surface area is 182 Å². The number of carbonyl (C=O) groups excluding carboxylic acids is 1. The molecule has 0 saturated carbocycles. The van der Waals surface area contributed by atoms with Gasteiger partial charge in [-0.15, -0.1) is 11.3 Å². The summed E-state index contributed by atoms with van der Waals surface area (Å²) in [6.45, 7) is 0.136. The van der Waals surface area contributed by atoms with Gasteiger partial charge in [0.2, 0.25) is 5.91 Å². The van der Waals surface area contributed by atoms with Gasteiger partial charge in [-0.25, -0.2) is 13.6 Å². The van der Waals surface area contributed by atoms with Gasteiger partial charge in [0.15, 0.2) is 0 Å². The zero-order valence-corrected chi connectivity index (χ0v) is 17.4. The summed E-state index contributed by atoms with van der Waals surface area (Å²) < 4.78 is 28.8. The zero-order chi connectivity index (χ0) is 22.4. The highest BCUT2D eigenvalue weighted by atomic mass is 32.1. The number of nitrogens with zero attached hydrogens (tertiary/aromatic N) is 1. The van der Waals surface area contributed by atoms with Crippen LogP contribution in [0.4, 0.5) is 8.78 Å². The first-order valence-corrected chi connectivity index (χ1v) is 10.5. The number of aromatic carboxylic acids is 1. The van der Waals surface area contributed by atoms with Crippen LogP contribution in [0.1, 0.15) is 45.8 Å². The molecule has 162 valence electrons. The second-order valence-corrected chi connectivity index (χ2v) is 8.22. The van der Waals surface area contributed by atoms with Crippen molar-refractivity contribution >= 4 is 23.2 Å². The molecule has 1 aromatic carbocycles. The predicted octanol–water partition coefficient (Wildman–Crippen LogP) is 4.62. The number of carbonyl (C=O) groups is 2. The van der Waals surface area contributed by atoms with E-state index in [0.29, 0.717) is 24.1 Å². The van der Waals surface area contributed by atoms with Gasteiger partial charge in [-0.05, 0) is 37.1 Å². The van der Waals surface area contributed by atoms with E-state index >= 15 is 0 Å². The maximum atomic E-state index is 14.4. The van der Waals surface area contributed by atoms with Crippen LogP contribution in [-0.2, 0) is 10.7 Å². The third kappa shape index (κ3) is 5.92. The summed E-state index contributed by atoms with van der Waals surface area (Å²) in [6.07, 6.45) is 4.15. The minimum absolute atomic E-state index is 0.0904. The SMILES string of the molecule is O=C(O)c1ccc(C#CCN2C(=O)CCC[C@@H]2C=CCC(F)(F)c2cccc(O)c2)s1. The van der Waals surface area contributed by atoms with Crippen LogP contribution in [0.5, 0.6) is 5.75 Å². The van der Waals surface area contributed by atoms with Crippen LogP contribution in [0.25, 0.3) is 0 Å².